The number of carbonyl (C=O) groups is 2. The quantitative estimate of drug-likeness (QED) is 0.823. The Morgan fingerprint density at radius 2 is 2.30 bits per heavy atom. The van der Waals surface area contributed by atoms with Crippen LogP contribution in [0.1, 0.15) is 30.1 Å². The highest BCUT2D eigenvalue weighted by atomic mass is 16.5. The molecule has 0 unspecified atom stereocenters. The molecule has 1 amide bonds. The molecule has 0 spiro atoms. The summed E-state index contributed by atoms with van der Waals surface area (Å²) in [6, 6.07) is 6.83. The summed E-state index contributed by atoms with van der Waals surface area (Å²) in [5, 5.41) is 6.08. The Morgan fingerprint density at radius 3 is 3.00 bits per heavy atom. The monoisotopic (exact) mass is 276 g/mol. The number of rotatable bonds is 4. The first-order valence-corrected chi connectivity index (χ1v) is 6.99. The normalized spacial score (nSPS) is 18.4. The lowest BCUT2D eigenvalue weighted by molar-refractivity contribution is -0.120. The molecule has 0 bridgehead atoms. The highest BCUT2D eigenvalue weighted by Crippen LogP contribution is 2.16. The molecule has 1 aliphatic rings. The van der Waals surface area contributed by atoms with Crippen molar-refractivity contribution in [2.75, 3.05) is 25.0 Å². The largest absolute Gasteiger partial charge is 0.462 e. The van der Waals surface area contributed by atoms with E-state index in [0.717, 1.165) is 19.4 Å². The average Bonchev–Trinajstić information content (AvgIpc) is 2.48. The molecule has 1 aromatic rings. The van der Waals surface area contributed by atoms with E-state index in [2.05, 4.69) is 10.6 Å². The van der Waals surface area contributed by atoms with Gasteiger partial charge in [0, 0.05) is 12.2 Å². The van der Waals surface area contributed by atoms with Crippen LogP contribution in [0.2, 0.25) is 0 Å². The van der Waals surface area contributed by atoms with Gasteiger partial charge in [0.25, 0.3) is 0 Å². The zero-order chi connectivity index (χ0) is 14.4. The number of esters is 1. The van der Waals surface area contributed by atoms with Gasteiger partial charge in [-0.2, -0.15) is 0 Å². The predicted molar refractivity (Wildman–Crippen MR) is 76.6 cm³/mol. The summed E-state index contributed by atoms with van der Waals surface area (Å²) in [6.45, 7) is 3.79. The van der Waals surface area contributed by atoms with Gasteiger partial charge in [-0.05, 0) is 44.5 Å². The molecule has 5 heteroatoms. The molecule has 1 aliphatic heterocycles. The second-order valence-electron chi connectivity index (χ2n) is 4.83. The molecule has 0 saturated carbocycles. The van der Waals surface area contributed by atoms with Crippen molar-refractivity contribution in [1.29, 1.82) is 0 Å². The minimum absolute atomic E-state index is 0.00166. The number of hydrogen-bond donors (Lipinski definition) is 2. The molecule has 0 aromatic heterocycles. The molecule has 5 nitrogen and oxygen atoms in total. The lowest BCUT2D eigenvalue weighted by Gasteiger charge is -2.21. The summed E-state index contributed by atoms with van der Waals surface area (Å²) in [7, 11) is 0. The number of carbonyl (C=O) groups excluding carboxylic acids is 2. The van der Waals surface area contributed by atoms with Gasteiger partial charge in [0.15, 0.2) is 0 Å². The van der Waals surface area contributed by atoms with Gasteiger partial charge >= 0.3 is 5.97 Å². The van der Waals surface area contributed by atoms with Crippen molar-refractivity contribution in [3.05, 3.63) is 29.8 Å². The highest BCUT2D eigenvalue weighted by Gasteiger charge is 2.21. The first-order chi connectivity index (χ1) is 9.70. The summed E-state index contributed by atoms with van der Waals surface area (Å²) < 4.78 is 4.94. The molecule has 2 N–H and O–H groups in total. The summed E-state index contributed by atoms with van der Waals surface area (Å²) in [6.07, 6.45) is 1.91. The Kier molecular flexibility index (Phi) is 5.12. The summed E-state index contributed by atoms with van der Waals surface area (Å²) in [5.74, 6) is -0.379. The number of hydrogen-bond acceptors (Lipinski definition) is 4. The van der Waals surface area contributed by atoms with E-state index in [9.17, 15) is 9.59 Å². The van der Waals surface area contributed by atoms with Crippen LogP contribution in [-0.2, 0) is 9.53 Å². The van der Waals surface area contributed by atoms with Crippen LogP contribution in [0.15, 0.2) is 24.3 Å². The van der Waals surface area contributed by atoms with E-state index in [1.807, 2.05) is 0 Å². The fraction of sp³-hybridized carbons (Fsp3) is 0.467. The van der Waals surface area contributed by atoms with Crippen molar-refractivity contribution in [3.8, 4) is 0 Å². The Hall–Kier alpha value is -1.88. The molecule has 1 heterocycles. The molecule has 1 atom stereocenters. The van der Waals surface area contributed by atoms with Crippen molar-refractivity contribution in [2.45, 2.75) is 19.8 Å². The third-order valence-electron chi connectivity index (χ3n) is 3.31. The predicted octanol–water partition coefficient (Wildman–Crippen LogP) is 1.80. The van der Waals surface area contributed by atoms with E-state index in [0.29, 0.717) is 24.4 Å². The summed E-state index contributed by atoms with van der Waals surface area (Å²) >= 11 is 0. The lowest BCUT2D eigenvalue weighted by atomic mass is 9.99. The van der Waals surface area contributed by atoms with Crippen LogP contribution in [-0.4, -0.2) is 31.6 Å². The summed E-state index contributed by atoms with van der Waals surface area (Å²) in [5.41, 5.74) is 1.08. The molecule has 1 fully saturated rings. The maximum absolute atomic E-state index is 12.1. The molecule has 2 rings (SSSR count). The van der Waals surface area contributed by atoms with Crippen LogP contribution >= 0.6 is 0 Å². The van der Waals surface area contributed by atoms with Crippen molar-refractivity contribution >= 4 is 17.6 Å². The number of benzene rings is 1. The maximum atomic E-state index is 12.1. The Morgan fingerprint density at radius 1 is 1.45 bits per heavy atom. The van der Waals surface area contributed by atoms with Gasteiger partial charge < -0.3 is 15.4 Å². The Balaban J connectivity index is 2.00. The second-order valence-corrected chi connectivity index (χ2v) is 4.83. The second kappa shape index (κ2) is 7.05. The van der Waals surface area contributed by atoms with Gasteiger partial charge in [0.05, 0.1) is 18.1 Å². The minimum atomic E-state index is -0.372. The third kappa shape index (κ3) is 3.81. The molecule has 0 aliphatic carbocycles. The van der Waals surface area contributed by atoms with E-state index in [4.69, 9.17) is 4.74 Å². The molecule has 0 radical (unpaired) electrons. The fourth-order valence-electron chi connectivity index (χ4n) is 2.26. The van der Waals surface area contributed by atoms with E-state index in [1.165, 1.54) is 0 Å². The first-order valence-electron chi connectivity index (χ1n) is 6.99. The number of anilines is 1. The van der Waals surface area contributed by atoms with Gasteiger partial charge in [-0.3, -0.25) is 4.79 Å². The molecular weight excluding hydrogens is 256 g/mol. The van der Waals surface area contributed by atoms with Crippen LogP contribution in [0.5, 0.6) is 0 Å². The van der Waals surface area contributed by atoms with Gasteiger partial charge in [0.1, 0.15) is 0 Å². The van der Waals surface area contributed by atoms with Crippen molar-refractivity contribution < 1.29 is 14.3 Å². The van der Waals surface area contributed by atoms with E-state index >= 15 is 0 Å². The molecule has 20 heavy (non-hydrogen) atoms. The number of piperidine rings is 1. The average molecular weight is 276 g/mol. The minimum Gasteiger partial charge on any atom is -0.462 e. The van der Waals surface area contributed by atoms with Gasteiger partial charge in [-0.25, -0.2) is 4.79 Å². The Labute approximate surface area is 118 Å². The SMILES string of the molecule is CCOC(=O)c1cccc(NC(=O)[C@H]2CCCNC2)c1. The van der Waals surface area contributed by atoms with Gasteiger partial charge in [-0.1, -0.05) is 6.07 Å². The molecule has 1 aromatic carbocycles. The number of ether oxygens (including phenoxy) is 1. The standard InChI is InChI=1S/C15H20N2O3/c1-2-20-15(19)11-5-3-7-13(9-11)17-14(18)12-6-4-8-16-10-12/h3,5,7,9,12,16H,2,4,6,8,10H2,1H3,(H,17,18)/t12-/m0/s1. The van der Waals surface area contributed by atoms with E-state index in [1.54, 1.807) is 31.2 Å². The first kappa shape index (κ1) is 14.5. The van der Waals surface area contributed by atoms with Crippen LogP contribution < -0.4 is 10.6 Å². The van der Waals surface area contributed by atoms with Gasteiger partial charge in [-0.15, -0.1) is 0 Å². The van der Waals surface area contributed by atoms with Crippen molar-refractivity contribution in [1.82, 2.24) is 5.32 Å². The summed E-state index contributed by atoms with van der Waals surface area (Å²) in [4.78, 5) is 23.7. The van der Waals surface area contributed by atoms with Crippen LogP contribution in [0.25, 0.3) is 0 Å². The highest BCUT2D eigenvalue weighted by molar-refractivity contribution is 5.95. The Bertz CT molecular complexity index is 482. The maximum Gasteiger partial charge on any atom is 0.338 e. The zero-order valence-electron chi connectivity index (χ0n) is 11.6. The molecule has 108 valence electrons. The smallest absolute Gasteiger partial charge is 0.338 e. The number of nitrogens with one attached hydrogen (secondary N) is 2. The van der Waals surface area contributed by atoms with E-state index in [-0.39, 0.29) is 17.8 Å². The van der Waals surface area contributed by atoms with Crippen molar-refractivity contribution in [3.63, 3.8) is 0 Å². The third-order valence-corrected chi connectivity index (χ3v) is 3.31. The van der Waals surface area contributed by atoms with Crippen LogP contribution in [0, 0.1) is 5.92 Å². The lowest BCUT2D eigenvalue weighted by Crippen LogP contribution is -2.37. The van der Waals surface area contributed by atoms with Crippen LogP contribution in [0.4, 0.5) is 5.69 Å². The fourth-order valence-corrected chi connectivity index (χ4v) is 2.26. The van der Waals surface area contributed by atoms with Crippen LogP contribution in [0.3, 0.4) is 0 Å². The van der Waals surface area contributed by atoms with Gasteiger partial charge in [0.2, 0.25) is 5.91 Å². The topological polar surface area (TPSA) is 67.4 Å². The molecular formula is C15H20N2O3. The zero-order valence-corrected chi connectivity index (χ0v) is 11.6. The number of amides is 1. The van der Waals surface area contributed by atoms with Crippen molar-refractivity contribution in [2.24, 2.45) is 5.92 Å². The van der Waals surface area contributed by atoms with E-state index < -0.39 is 0 Å². The molecule has 1 saturated heterocycles.